The number of aromatic nitrogens is 2. The van der Waals surface area contributed by atoms with Crippen molar-refractivity contribution in [1.82, 2.24) is 9.97 Å². The lowest BCUT2D eigenvalue weighted by Crippen LogP contribution is -2.36. The summed E-state index contributed by atoms with van der Waals surface area (Å²) in [4.78, 5) is 23.7. The van der Waals surface area contributed by atoms with Crippen LogP contribution >= 0.6 is 0 Å². The first-order valence-electron chi connectivity index (χ1n) is 11.5. The molecule has 3 aromatic rings. The van der Waals surface area contributed by atoms with Crippen molar-refractivity contribution in [3.05, 3.63) is 66.1 Å². The Morgan fingerprint density at radius 2 is 1.83 bits per heavy atom. The number of morpholine rings is 1. The van der Waals surface area contributed by atoms with Crippen LogP contribution in [0.1, 0.15) is 13.8 Å². The van der Waals surface area contributed by atoms with E-state index in [1.54, 1.807) is 30.5 Å². The van der Waals surface area contributed by atoms with Crippen molar-refractivity contribution in [3.63, 3.8) is 0 Å². The van der Waals surface area contributed by atoms with Gasteiger partial charge in [-0.25, -0.2) is 9.97 Å². The van der Waals surface area contributed by atoms with Crippen LogP contribution in [0, 0.1) is 5.41 Å². The van der Waals surface area contributed by atoms with Crippen LogP contribution in [0.4, 0.5) is 28.7 Å². The first kappa shape index (κ1) is 24.7. The highest BCUT2D eigenvalue weighted by atomic mass is 16.5. The number of aliphatic hydroxyl groups excluding tert-OH is 1. The topological polar surface area (TPSA) is 149 Å². The normalized spacial score (nSPS) is 14.1. The van der Waals surface area contributed by atoms with Crippen LogP contribution in [0.25, 0.3) is 11.3 Å². The van der Waals surface area contributed by atoms with Gasteiger partial charge in [-0.1, -0.05) is 6.07 Å². The van der Waals surface area contributed by atoms with Gasteiger partial charge in [0.25, 0.3) is 5.91 Å². The van der Waals surface area contributed by atoms with E-state index in [1.807, 2.05) is 12.1 Å². The van der Waals surface area contributed by atoms with Crippen molar-refractivity contribution in [1.29, 1.82) is 5.41 Å². The van der Waals surface area contributed by atoms with Gasteiger partial charge in [0, 0.05) is 41.9 Å². The van der Waals surface area contributed by atoms with E-state index in [2.05, 4.69) is 37.6 Å². The number of hydrogen-bond donors (Lipinski definition) is 5. The SMILES string of the molecule is CC(=N)/C(C(=O)Nc1ccc(-c2ccnc(Nc3ccc(N4CCOCC4)cc3)n2)cc1N)=C(/C)O. The van der Waals surface area contributed by atoms with Gasteiger partial charge in [0.05, 0.1) is 35.9 Å². The van der Waals surface area contributed by atoms with Gasteiger partial charge in [0.1, 0.15) is 5.76 Å². The van der Waals surface area contributed by atoms with Gasteiger partial charge in [0.2, 0.25) is 5.95 Å². The maximum Gasteiger partial charge on any atom is 0.260 e. The average molecular weight is 488 g/mol. The number of nitrogens with two attached hydrogens (primary N) is 1. The highest BCUT2D eigenvalue weighted by Gasteiger charge is 2.17. The molecular weight excluding hydrogens is 458 g/mol. The third-order valence-corrected chi connectivity index (χ3v) is 5.71. The molecule has 1 aliphatic heterocycles. The minimum atomic E-state index is -0.602. The highest BCUT2D eigenvalue weighted by Crippen LogP contribution is 2.28. The molecule has 1 aromatic heterocycles. The van der Waals surface area contributed by atoms with Crippen molar-refractivity contribution < 1.29 is 14.6 Å². The molecule has 0 radical (unpaired) electrons. The zero-order valence-corrected chi connectivity index (χ0v) is 20.2. The van der Waals surface area contributed by atoms with Crippen LogP contribution in [0.5, 0.6) is 0 Å². The largest absolute Gasteiger partial charge is 0.512 e. The zero-order chi connectivity index (χ0) is 25.7. The fraction of sp³-hybridized carbons (Fsp3) is 0.231. The Labute approximate surface area is 209 Å². The van der Waals surface area contributed by atoms with Crippen LogP contribution in [0.15, 0.2) is 66.1 Å². The monoisotopic (exact) mass is 487 g/mol. The van der Waals surface area contributed by atoms with Gasteiger partial charge in [-0.15, -0.1) is 0 Å². The van der Waals surface area contributed by atoms with E-state index in [1.165, 1.54) is 13.8 Å². The molecule has 36 heavy (non-hydrogen) atoms. The van der Waals surface area contributed by atoms with E-state index in [9.17, 15) is 9.90 Å². The fourth-order valence-electron chi connectivity index (χ4n) is 3.91. The molecular formula is C26H29N7O3. The minimum Gasteiger partial charge on any atom is -0.512 e. The quantitative estimate of drug-likeness (QED) is 0.145. The second-order valence-electron chi connectivity index (χ2n) is 8.38. The number of ether oxygens (including phenoxy) is 1. The van der Waals surface area contributed by atoms with Crippen molar-refractivity contribution >= 4 is 40.3 Å². The lowest BCUT2D eigenvalue weighted by molar-refractivity contribution is -0.112. The Kier molecular flexibility index (Phi) is 7.45. The minimum absolute atomic E-state index is 0.0422. The predicted molar refractivity (Wildman–Crippen MR) is 142 cm³/mol. The van der Waals surface area contributed by atoms with Crippen molar-refractivity contribution in [2.45, 2.75) is 13.8 Å². The summed E-state index contributed by atoms with van der Waals surface area (Å²) in [5.74, 6) is -0.390. The number of carbonyl (C=O) groups is 1. The molecule has 1 aliphatic rings. The van der Waals surface area contributed by atoms with E-state index in [4.69, 9.17) is 15.9 Å². The summed E-state index contributed by atoms with van der Waals surface area (Å²) < 4.78 is 5.41. The highest BCUT2D eigenvalue weighted by molar-refractivity contribution is 6.24. The lowest BCUT2D eigenvalue weighted by atomic mass is 10.1. The Hall–Kier alpha value is -4.44. The predicted octanol–water partition coefficient (Wildman–Crippen LogP) is 4.12. The van der Waals surface area contributed by atoms with Crippen molar-refractivity contribution in [2.24, 2.45) is 0 Å². The molecule has 1 amide bonds. The van der Waals surface area contributed by atoms with Crippen molar-refractivity contribution in [3.8, 4) is 11.3 Å². The van der Waals surface area contributed by atoms with Crippen LogP contribution in [-0.2, 0) is 9.53 Å². The van der Waals surface area contributed by atoms with Crippen molar-refractivity contribution in [2.75, 3.05) is 47.6 Å². The number of amides is 1. The van der Waals surface area contributed by atoms with Gasteiger partial charge < -0.3 is 36.5 Å². The first-order chi connectivity index (χ1) is 17.3. The second-order valence-corrected chi connectivity index (χ2v) is 8.38. The summed E-state index contributed by atoms with van der Waals surface area (Å²) in [6.45, 7) is 6.03. The molecule has 10 nitrogen and oxygen atoms in total. The number of rotatable bonds is 7. The van der Waals surface area contributed by atoms with Gasteiger partial charge in [-0.05, 0) is 56.3 Å². The lowest BCUT2D eigenvalue weighted by Gasteiger charge is -2.28. The van der Waals surface area contributed by atoms with Gasteiger partial charge in [-0.3, -0.25) is 4.79 Å². The maximum atomic E-state index is 12.5. The average Bonchev–Trinajstić information content (AvgIpc) is 2.86. The smallest absolute Gasteiger partial charge is 0.260 e. The van der Waals surface area contributed by atoms with E-state index in [0.717, 1.165) is 43.2 Å². The molecule has 0 saturated carbocycles. The summed E-state index contributed by atoms with van der Waals surface area (Å²) in [7, 11) is 0. The van der Waals surface area contributed by atoms with E-state index >= 15 is 0 Å². The molecule has 0 aliphatic carbocycles. The summed E-state index contributed by atoms with van der Waals surface area (Å²) >= 11 is 0. The fourth-order valence-corrected chi connectivity index (χ4v) is 3.91. The summed E-state index contributed by atoms with van der Waals surface area (Å²) in [5.41, 5.74) is 10.2. The van der Waals surface area contributed by atoms with Crippen LogP contribution in [0.3, 0.4) is 0 Å². The molecule has 6 N–H and O–H groups in total. The van der Waals surface area contributed by atoms with Gasteiger partial charge in [-0.2, -0.15) is 0 Å². The molecule has 0 unspecified atom stereocenters. The third kappa shape index (κ3) is 5.78. The Balaban J connectivity index is 1.47. The number of allylic oxidation sites excluding steroid dienone is 1. The number of hydrogen-bond acceptors (Lipinski definition) is 9. The number of anilines is 5. The molecule has 0 spiro atoms. The number of carbonyl (C=O) groups excluding carboxylic acids is 1. The number of nitrogens with one attached hydrogen (secondary N) is 3. The van der Waals surface area contributed by atoms with Gasteiger partial charge >= 0.3 is 0 Å². The Morgan fingerprint density at radius 1 is 1.11 bits per heavy atom. The van der Waals surface area contributed by atoms with Crippen LogP contribution in [0.2, 0.25) is 0 Å². The molecule has 0 bridgehead atoms. The molecule has 186 valence electrons. The molecule has 4 rings (SSSR count). The van der Waals surface area contributed by atoms with E-state index < -0.39 is 5.91 Å². The molecule has 0 atom stereocenters. The van der Waals surface area contributed by atoms with E-state index in [-0.39, 0.29) is 17.0 Å². The third-order valence-electron chi connectivity index (χ3n) is 5.71. The molecule has 1 saturated heterocycles. The summed E-state index contributed by atoms with van der Waals surface area (Å²) in [5, 5.41) is 23.3. The summed E-state index contributed by atoms with van der Waals surface area (Å²) in [6.07, 6.45) is 1.66. The molecule has 2 aromatic carbocycles. The first-order valence-corrected chi connectivity index (χ1v) is 11.5. The molecule has 10 heteroatoms. The number of benzene rings is 2. The van der Waals surface area contributed by atoms with Gasteiger partial charge in [0.15, 0.2) is 0 Å². The summed E-state index contributed by atoms with van der Waals surface area (Å²) in [6, 6.07) is 15.0. The maximum absolute atomic E-state index is 12.5. The standard InChI is InChI=1S/C26H29N7O3/c1-16(27)24(17(2)34)25(35)31-23-8-3-18(15-21(23)28)22-9-10-29-26(32-22)30-19-4-6-20(7-5-19)33-11-13-36-14-12-33/h3-10,15,27,34H,11-14,28H2,1-2H3,(H,31,35)(H,29,30,32)/b24-17+,27-16?. The Bertz CT molecular complexity index is 1300. The second kappa shape index (κ2) is 10.9. The molecule has 2 heterocycles. The van der Waals surface area contributed by atoms with Crippen LogP contribution in [-0.4, -0.2) is 53.0 Å². The zero-order valence-electron chi connectivity index (χ0n) is 20.2. The Morgan fingerprint density at radius 3 is 2.47 bits per heavy atom. The molecule has 1 fully saturated rings. The number of aliphatic hydroxyl groups is 1. The number of nitrogen functional groups attached to an aromatic ring is 1. The van der Waals surface area contributed by atoms with E-state index in [0.29, 0.717) is 23.0 Å². The number of nitrogens with zero attached hydrogens (tertiary/aromatic N) is 3. The van der Waals surface area contributed by atoms with Crippen LogP contribution < -0.4 is 21.3 Å².